The lowest BCUT2D eigenvalue weighted by Crippen LogP contribution is -2.45. The lowest BCUT2D eigenvalue weighted by Gasteiger charge is -2.29. The number of methoxy groups -OCH3 is 1. The molecule has 1 aliphatic heterocycles. The number of carbonyl (C=O) groups is 1. The highest BCUT2D eigenvalue weighted by molar-refractivity contribution is 5.98. The molecular formula is C21H26N4O2. The first-order chi connectivity index (χ1) is 13.2. The lowest BCUT2D eigenvalue weighted by atomic mass is 10.0. The number of hydrogen-bond donors (Lipinski definition) is 2. The molecular weight excluding hydrogens is 340 g/mol. The van der Waals surface area contributed by atoms with Gasteiger partial charge in [-0.2, -0.15) is 0 Å². The summed E-state index contributed by atoms with van der Waals surface area (Å²) in [7, 11) is 3.35. The second-order valence-corrected chi connectivity index (χ2v) is 6.41. The molecule has 0 atom stereocenters. The minimum atomic E-state index is 0.0505. The molecule has 1 amide bonds. The molecule has 0 saturated carbocycles. The van der Waals surface area contributed by atoms with Gasteiger partial charge in [-0.1, -0.05) is 30.3 Å². The molecule has 0 fully saturated rings. The zero-order valence-electron chi connectivity index (χ0n) is 15.9. The summed E-state index contributed by atoms with van der Waals surface area (Å²) in [6.07, 6.45) is 2.02. The predicted octanol–water partition coefficient (Wildman–Crippen LogP) is 2.34. The molecule has 6 heteroatoms. The normalized spacial score (nSPS) is 13.7. The molecule has 27 heavy (non-hydrogen) atoms. The van der Waals surface area contributed by atoms with Gasteiger partial charge < -0.3 is 20.3 Å². The van der Waals surface area contributed by atoms with Crippen molar-refractivity contribution in [1.82, 2.24) is 10.6 Å². The summed E-state index contributed by atoms with van der Waals surface area (Å²) < 4.78 is 5.16. The summed E-state index contributed by atoms with van der Waals surface area (Å²) in [6.45, 7) is 1.58. The van der Waals surface area contributed by atoms with E-state index in [-0.39, 0.29) is 12.5 Å². The van der Waals surface area contributed by atoms with E-state index < -0.39 is 0 Å². The van der Waals surface area contributed by atoms with Crippen LogP contribution < -0.4 is 20.3 Å². The molecule has 0 aliphatic carbocycles. The van der Waals surface area contributed by atoms with Crippen molar-refractivity contribution in [3.63, 3.8) is 0 Å². The fourth-order valence-corrected chi connectivity index (χ4v) is 3.20. The SMILES string of the molecule is CN=C(NCC(=O)N1CCCc2ccccc21)NCc1ccc(OC)cc1. The summed E-state index contributed by atoms with van der Waals surface area (Å²) in [5, 5.41) is 6.34. The number of hydrogen-bond acceptors (Lipinski definition) is 3. The topological polar surface area (TPSA) is 66.0 Å². The van der Waals surface area contributed by atoms with Gasteiger partial charge in [0.15, 0.2) is 5.96 Å². The number of fused-ring (bicyclic) bond motifs is 1. The molecule has 2 aromatic carbocycles. The summed E-state index contributed by atoms with van der Waals surface area (Å²) in [5.41, 5.74) is 3.37. The molecule has 0 saturated heterocycles. The molecule has 2 N–H and O–H groups in total. The van der Waals surface area contributed by atoms with E-state index in [9.17, 15) is 4.79 Å². The van der Waals surface area contributed by atoms with Gasteiger partial charge in [0.1, 0.15) is 5.75 Å². The molecule has 0 bridgehead atoms. The molecule has 142 valence electrons. The predicted molar refractivity (Wildman–Crippen MR) is 108 cm³/mol. The van der Waals surface area contributed by atoms with Crippen LogP contribution in [-0.2, 0) is 17.8 Å². The maximum absolute atomic E-state index is 12.7. The van der Waals surface area contributed by atoms with Crippen molar-refractivity contribution in [1.29, 1.82) is 0 Å². The third-order valence-electron chi connectivity index (χ3n) is 4.66. The number of anilines is 1. The Hall–Kier alpha value is -3.02. The number of guanidine groups is 1. The Kier molecular flexibility index (Phi) is 6.30. The first-order valence-corrected chi connectivity index (χ1v) is 9.17. The van der Waals surface area contributed by atoms with Gasteiger partial charge >= 0.3 is 0 Å². The van der Waals surface area contributed by atoms with E-state index in [0.717, 1.165) is 36.4 Å². The quantitative estimate of drug-likeness (QED) is 0.630. The number of benzene rings is 2. The summed E-state index contributed by atoms with van der Waals surface area (Å²) >= 11 is 0. The van der Waals surface area contributed by atoms with Gasteiger partial charge in [-0.25, -0.2) is 0 Å². The fourth-order valence-electron chi connectivity index (χ4n) is 3.20. The van der Waals surface area contributed by atoms with Gasteiger partial charge in [0.2, 0.25) is 5.91 Å². The maximum atomic E-state index is 12.7. The average molecular weight is 366 g/mol. The van der Waals surface area contributed by atoms with Crippen molar-refractivity contribution >= 4 is 17.6 Å². The third-order valence-corrected chi connectivity index (χ3v) is 4.66. The Labute approximate surface area is 160 Å². The van der Waals surface area contributed by atoms with E-state index in [4.69, 9.17) is 4.74 Å². The molecule has 1 aliphatic rings. The van der Waals surface area contributed by atoms with Crippen molar-refractivity contribution in [2.24, 2.45) is 4.99 Å². The number of rotatable bonds is 5. The second kappa shape index (κ2) is 9.07. The van der Waals surface area contributed by atoms with Crippen molar-refractivity contribution in [2.75, 3.05) is 32.1 Å². The standard InChI is InChI=1S/C21H26N4O2/c1-22-21(23-14-16-9-11-18(27-2)12-10-16)24-15-20(26)25-13-5-7-17-6-3-4-8-19(17)25/h3-4,6,8-12H,5,7,13-15H2,1-2H3,(H2,22,23,24). The minimum Gasteiger partial charge on any atom is -0.497 e. The number of ether oxygens (including phenoxy) is 1. The number of para-hydroxylation sites is 1. The van der Waals surface area contributed by atoms with E-state index in [2.05, 4.69) is 21.7 Å². The van der Waals surface area contributed by atoms with Crippen LogP contribution >= 0.6 is 0 Å². The number of amides is 1. The zero-order chi connectivity index (χ0) is 19.1. The van der Waals surface area contributed by atoms with E-state index in [1.807, 2.05) is 47.4 Å². The third kappa shape index (κ3) is 4.78. The Morgan fingerprint density at radius 1 is 1.15 bits per heavy atom. The fraction of sp³-hybridized carbons (Fsp3) is 0.333. The highest BCUT2D eigenvalue weighted by Gasteiger charge is 2.21. The van der Waals surface area contributed by atoms with Crippen LogP contribution in [0.4, 0.5) is 5.69 Å². The van der Waals surface area contributed by atoms with Crippen molar-refractivity contribution in [2.45, 2.75) is 19.4 Å². The van der Waals surface area contributed by atoms with Crippen LogP contribution in [-0.4, -0.2) is 39.1 Å². The molecule has 0 radical (unpaired) electrons. The maximum Gasteiger partial charge on any atom is 0.246 e. The molecule has 0 unspecified atom stereocenters. The first kappa shape index (κ1) is 18.8. The van der Waals surface area contributed by atoms with E-state index in [0.29, 0.717) is 12.5 Å². The Morgan fingerprint density at radius 3 is 2.67 bits per heavy atom. The molecule has 0 spiro atoms. The van der Waals surface area contributed by atoms with Crippen LogP contribution in [0.2, 0.25) is 0 Å². The van der Waals surface area contributed by atoms with E-state index >= 15 is 0 Å². The average Bonchev–Trinajstić information content (AvgIpc) is 2.73. The van der Waals surface area contributed by atoms with Crippen LogP contribution in [0.25, 0.3) is 0 Å². The van der Waals surface area contributed by atoms with E-state index in [1.165, 1.54) is 5.56 Å². The zero-order valence-corrected chi connectivity index (χ0v) is 15.9. The smallest absolute Gasteiger partial charge is 0.246 e. The Bertz CT molecular complexity index is 802. The number of aryl methyl sites for hydroxylation is 1. The second-order valence-electron chi connectivity index (χ2n) is 6.41. The van der Waals surface area contributed by atoms with Gasteiger partial charge in [-0.3, -0.25) is 9.79 Å². The largest absolute Gasteiger partial charge is 0.497 e. The molecule has 6 nitrogen and oxygen atoms in total. The number of aliphatic imine (C=N–C) groups is 1. The van der Waals surface area contributed by atoms with Crippen molar-refractivity contribution in [3.05, 3.63) is 59.7 Å². The van der Waals surface area contributed by atoms with Crippen LogP contribution in [0.15, 0.2) is 53.5 Å². The van der Waals surface area contributed by atoms with Crippen LogP contribution in [0.5, 0.6) is 5.75 Å². The number of carbonyl (C=O) groups excluding carboxylic acids is 1. The Morgan fingerprint density at radius 2 is 1.93 bits per heavy atom. The first-order valence-electron chi connectivity index (χ1n) is 9.17. The van der Waals surface area contributed by atoms with Gasteiger partial charge in [0.25, 0.3) is 0 Å². The minimum absolute atomic E-state index is 0.0505. The van der Waals surface area contributed by atoms with Gasteiger partial charge in [0.05, 0.1) is 13.7 Å². The molecule has 3 rings (SSSR count). The van der Waals surface area contributed by atoms with Crippen LogP contribution in [0, 0.1) is 0 Å². The van der Waals surface area contributed by atoms with Gasteiger partial charge in [0, 0.05) is 25.8 Å². The van der Waals surface area contributed by atoms with Crippen molar-refractivity contribution in [3.8, 4) is 5.75 Å². The van der Waals surface area contributed by atoms with Gasteiger partial charge in [-0.15, -0.1) is 0 Å². The Balaban J connectivity index is 1.53. The van der Waals surface area contributed by atoms with Crippen LogP contribution in [0.1, 0.15) is 17.5 Å². The molecule has 0 aromatic heterocycles. The summed E-state index contributed by atoms with van der Waals surface area (Å²) in [4.78, 5) is 18.8. The van der Waals surface area contributed by atoms with E-state index in [1.54, 1.807) is 14.2 Å². The van der Waals surface area contributed by atoms with Crippen LogP contribution in [0.3, 0.4) is 0 Å². The highest BCUT2D eigenvalue weighted by atomic mass is 16.5. The summed E-state index contributed by atoms with van der Waals surface area (Å²) in [5.74, 6) is 1.48. The van der Waals surface area contributed by atoms with Gasteiger partial charge in [-0.05, 0) is 42.2 Å². The number of nitrogens with one attached hydrogen (secondary N) is 2. The lowest BCUT2D eigenvalue weighted by molar-refractivity contribution is -0.117. The monoisotopic (exact) mass is 366 g/mol. The highest BCUT2D eigenvalue weighted by Crippen LogP contribution is 2.26. The van der Waals surface area contributed by atoms with Crippen molar-refractivity contribution < 1.29 is 9.53 Å². The number of nitrogens with zero attached hydrogens (tertiary/aromatic N) is 2. The molecule has 1 heterocycles. The summed E-state index contributed by atoms with van der Waals surface area (Å²) in [6, 6.07) is 15.9. The molecule has 2 aromatic rings.